The molecule has 1 fully saturated rings. The Kier molecular flexibility index (Phi) is 3.34. The van der Waals surface area contributed by atoms with E-state index in [9.17, 15) is 4.79 Å². The maximum absolute atomic E-state index is 10.6. The second kappa shape index (κ2) is 4.92. The van der Waals surface area contributed by atoms with Crippen LogP contribution in [0.2, 0.25) is 0 Å². The summed E-state index contributed by atoms with van der Waals surface area (Å²) in [5.41, 5.74) is 1.01. The zero-order valence-corrected chi connectivity index (χ0v) is 9.30. The van der Waals surface area contributed by atoms with Gasteiger partial charge in [0.1, 0.15) is 6.29 Å². The van der Waals surface area contributed by atoms with Gasteiger partial charge in [-0.05, 0) is 12.8 Å². The highest BCUT2D eigenvalue weighted by Crippen LogP contribution is 2.23. The van der Waals surface area contributed by atoms with Gasteiger partial charge in [-0.3, -0.25) is 0 Å². The predicted molar refractivity (Wildman–Crippen MR) is 59.6 cm³/mol. The van der Waals surface area contributed by atoms with E-state index in [0.29, 0.717) is 5.88 Å². The maximum atomic E-state index is 10.6. The molecule has 0 aromatic carbocycles. The molecule has 2 rings (SSSR count). The lowest BCUT2D eigenvalue weighted by Crippen LogP contribution is -2.34. The summed E-state index contributed by atoms with van der Waals surface area (Å²) in [4.78, 5) is 12.8. The van der Waals surface area contributed by atoms with Crippen molar-refractivity contribution in [1.29, 1.82) is 0 Å². The van der Waals surface area contributed by atoms with Crippen LogP contribution in [0.4, 0.5) is 5.69 Å². The molecule has 0 aliphatic carbocycles. The molecule has 1 aliphatic rings. The summed E-state index contributed by atoms with van der Waals surface area (Å²) in [6.45, 7) is 1.77. The number of anilines is 1. The third kappa shape index (κ3) is 2.29. The normalized spacial score (nSPS) is 17.2. The molecule has 5 nitrogen and oxygen atoms in total. The number of hydrogen-bond acceptors (Lipinski definition) is 5. The largest absolute Gasteiger partial charge is 0.480 e. The predicted octanol–water partition coefficient (Wildman–Crippen LogP) is 0.900. The van der Waals surface area contributed by atoms with Gasteiger partial charge in [0.2, 0.25) is 5.88 Å². The Bertz CT molecular complexity index is 362. The van der Waals surface area contributed by atoms with E-state index in [4.69, 9.17) is 4.74 Å². The maximum Gasteiger partial charge on any atom is 0.235 e. The quantitative estimate of drug-likeness (QED) is 0.710. The molecule has 86 valence electrons. The lowest BCUT2D eigenvalue weighted by Gasteiger charge is -2.31. The number of methoxy groups -OCH3 is 1. The zero-order chi connectivity index (χ0) is 11.4. The molecule has 1 aromatic heterocycles. The number of hydrogen-bond donors (Lipinski definition) is 0. The topological polar surface area (TPSA) is 55.3 Å². The van der Waals surface area contributed by atoms with Gasteiger partial charge in [0.15, 0.2) is 0 Å². The van der Waals surface area contributed by atoms with E-state index in [-0.39, 0.29) is 5.92 Å². The smallest absolute Gasteiger partial charge is 0.235 e. The fourth-order valence-corrected chi connectivity index (χ4v) is 1.90. The number of aromatic nitrogens is 2. The molecule has 0 N–H and O–H groups in total. The van der Waals surface area contributed by atoms with Gasteiger partial charge < -0.3 is 14.4 Å². The van der Waals surface area contributed by atoms with Crippen LogP contribution in [0.25, 0.3) is 0 Å². The van der Waals surface area contributed by atoms with Crippen molar-refractivity contribution in [3.63, 3.8) is 0 Å². The van der Waals surface area contributed by atoms with Crippen LogP contribution in [0.1, 0.15) is 12.8 Å². The van der Waals surface area contributed by atoms with Gasteiger partial charge in [0, 0.05) is 25.1 Å². The van der Waals surface area contributed by atoms with E-state index in [1.54, 1.807) is 13.3 Å². The van der Waals surface area contributed by atoms with Gasteiger partial charge in [-0.2, -0.15) is 5.10 Å². The molecule has 0 unspecified atom stereocenters. The Hall–Kier alpha value is -1.65. The van der Waals surface area contributed by atoms with E-state index in [0.717, 1.165) is 37.9 Å². The highest BCUT2D eigenvalue weighted by Gasteiger charge is 2.19. The van der Waals surface area contributed by atoms with E-state index < -0.39 is 0 Å². The second-order valence-electron chi connectivity index (χ2n) is 3.92. The van der Waals surface area contributed by atoms with E-state index in [1.807, 2.05) is 6.07 Å². The monoisotopic (exact) mass is 221 g/mol. The number of nitrogens with zero attached hydrogens (tertiary/aromatic N) is 3. The average Bonchev–Trinajstić information content (AvgIpc) is 2.39. The Labute approximate surface area is 94.4 Å². The number of carbonyl (C=O) groups excluding carboxylic acids is 1. The molecule has 1 aromatic rings. The van der Waals surface area contributed by atoms with Crippen LogP contribution >= 0.6 is 0 Å². The van der Waals surface area contributed by atoms with Crippen LogP contribution in [0.5, 0.6) is 5.88 Å². The second-order valence-corrected chi connectivity index (χ2v) is 3.92. The Balaban J connectivity index is 2.04. The van der Waals surface area contributed by atoms with E-state index >= 15 is 0 Å². The van der Waals surface area contributed by atoms with Crippen molar-refractivity contribution < 1.29 is 9.53 Å². The van der Waals surface area contributed by atoms with Gasteiger partial charge in [-0.15, -0.1) is 5.10 Å². The summed E-state index contributed by atoms with van der Waals surface area (Å²) in [7, 11) is 1.58. The van der Waals surface area contributed by atoms with Crippen molar-refractivity contribution in [3.05, 3.63) is 12.3 Å². The van der Waals surface area contributed by atoms with Crippen LogP contribution in [0.3, 0.4) is 0 Å². The third-order valence-corrected chi connectivity index (χ3v) is 2.92. The molecule has 2 heterocycles. The van der Waals surface area contributed by atoms with Gasteiger partial charge in [0.05, 0.1) is 19.0 Å². The molecule has 0 radical (unpaired) electrons. The average molecular weight is 221 g/mol. The first-order valence-electron chi connectivity index (χ1n) is 5.40. The summed E-state index contributed by atoms with van der Waals surface area (Å²) < 4.78 is 5.03. The minimum absolute atomic E-state index is 0.216. The molecule has 0 atom stereocenters. The fraction of sp³-hybridized carbons (Fsp3) is 0.545. The molecular formula is C11H15N3O2. The summed E-state index contributed by atoms with van der Waals surface area (Å²) in [5.74, 6) is 0.739. The van der Waals surface area contributed by atoms with Crippen molar-refractivity contribution in [2.45, 2.75) is 12.8 Å². The first-order chi connectivity index (χ1) is 7.83. The molecule has 0 spiro atoms. The molecule has 0 amide bonds. The molecule has 0 bridgehead atoms. The molecule has 0 saturated carbocycles. The third-order valence-electron chi connectivity index (χ3n) is 2.92. The molecular weight excluding hydrogens is 206 g/mol. The van der Waals surface area contributed by atoms with Gasteiger partial charge >= 0.3 is 0 Å². The first kappa shape index (κ1) is 10.9. The minimum Gasteiger partial charge on any atom is -0.480 e. The van der Waals surface area contributed by atoms with Crippen LogP contribution in [-0.2, 0) is 4.79 Å². The lowest BCUT2D eigenvalue weighted by atomic mass is 9.98. The first-order valence-corrected chi connectivity index (χ1v) is 5.40. The summed E-state index contributed by atoms with van der Waals surface area (Å²) in [6.07, 6.45) is 4.61. The summed E-state index contributed by atoms with van der Waals surface area (Å²) in [6, 6.07) is 1.87. The van der Waals surface area contributed by atoms with E-state index in [1.165, 1.54) is 0 Å². The Morgan fingerprint density at radius 2 is 2.25 bits per heavy atom. The van der Waals surface area contributed by atoms with Crippen LogP contribution in [0.15, 0.2) is 12.3 Å². The minimum atomic E-state index is 0.216. The summed E-state index contributed by atoms with van der Waals surface area (Å²) >= 11 is 0. The SMILES string of the molecule is COc1cc(N2CCC(C=O)CC2)cnn1. The fourth-order valence-electron chi connectivity index (χ4n) is 1.90. The van der Waals surface area contributed by atoms with Crippen LogP contribution in [0, 0.1) is 5.92 Å². The van der Waals surface area contributed by atoms with Gasteiger partial charge in [-0.25, -0.2) is 0 Å². The molecule has 1 aliphatic heterocycles. The highest BCUT2D eigenvalue weighted by atomic mass is 16.5. The Morgan fingerprint density at radius 3 is 2.88 bits per heavy atom. The van der Waals surface area contributed by atoms with Crippen LogP contribution in [-0.4, -0.2) is 36.7 Å². The van der Waals surface area contributed by atoms with E-state index in [2.05, 4.69) is 15.1 Å². The van der Waals surface area contributed by atoms with Crippen molar-refractivity contribution >= 4 is 12.0 Å². The van der Waals surface area contributed by atoms with Crippen molar-refractivity contribution in [3.8, 4) is 5.88 Å². The van der Waals surface area contributed by atoms with Crippen molar-refractivity contribution in [2.75, 3.05) is 25.1 Å². The highest BCUT2D eigenvalue weighted by molar-refractivity contribution is 5.55. The van der Waals surface area contributed by atoms with Gasteiger partial charge in [-0.1, -0.05) is 0 Å². The molecule has 16 heavy (non-hydrogen) atoms. The molecule has 1 saturated heterocycles. The molecule has 5 heteroatoms. The number of aldehydes is 1. The van der Waals surface area contributed by atoms with Gasteiger partial charge in [0.25, 0.3) is 0 Å². The zero-order valence-electron chi connectivity index (χ0n) is 9.30. The number of ether oxygens (including phenoxy) is 1. The number of carbonyl (C=O) groups is 1. The lowest BCUT2D eigenvalue weighted by molar-refractivity contribution is -0.111. The number of piperidine rings is 1. The van der Waals surface area contributed by atoms with Crippen molar-refractivity contribution in [1.82, 2.24) is 10.2 Å². The van der Waals surface area contributed by atoms with Crippen molar-refractivity contribution in [2.24, 2.45) is 5.92 Å². The Morgan fingerprint density at radius 1 is 1.50 bits per heavy atom. The van der Waals surface area contributed by atoms with Crippen LogP contribution < -0.4 is 9.64 Å². The standard InChI is InChI=1S/C11H15N3O2/c1-16-11-6-10(7-12-13-11)14-4-2-9(8-15)3-5-14/h6-9H,2-5H2,1H3. The summed E-state index contributed by atoms with van der Waals surface area (Å²) in [5, 5.41) is 7.71. The number of rotatable bonds is 3.